The van der Waals surface area contributed by atoms with Crippen molar-refractivity contribution in [3.63, 3.8) is 0 Å². The van der Waals surface area contributed by atoms with Gasteiger partial charge in [0.05, 0.1) is 0 Å². The van der Waals surface area contributed by atoms with Gasteiger partial charge in [-0.1, -0.05) is 89.5 Å². The molecule has 5 aromatic carbocycles. The average molecular weight is 481 g/mol. The van der Waals surface area contributed by atoms with Crippen molar-refractivity contribution < 1.29 is 0 Å². The summed E-state index contributed by atoms with van der Waals surface area (Å²) in [4.78, 5) is 2.30. The lowest BCUT2D eigenvalue weighted by Gasteiger charge is -2.25. The molecule has 5 aromatic rings. The Labute approximate surface area is 220 Å². The maximum absolute atomic E-state index is 3.45. The molecule has 0 bridgehead atoms. The third kappa shape index (κ3) is 6.17. The molecular weight excluding hydrogens is 448 g/mol. The topological polar surface area (TPSA) is 15.3 Å². The Morgan fingerprint density at radius 1 is 0.405 bits per heavy atom. The largest absolute Gasteiger partial charge is 0.356 e. The molecular formula is C35H32N2. The number of nitrogens with zero attached hydrogens (tertiary/aromatic N) is 1. The standard InChI is InChI=1S/C35H32N2/c1-26-4-16-31(17-5-26)36-32-18-12-29(13-19-32)10-11-30-14-24-35(25-15-30)37(33-20-6-27(2)7-21-33)34-22-8-28(3)9-23-34/h4-25,36H,1-3H3. The van der Waals surface area contributed by atoms with Gasteiger partial charge in [-0.25, -0.2) is 0 Å². The van der Waals surface area contributed by atoms with Crippen molar-refractivity contribution in [2.24, 2.45) is 0 Å². The fraction of sp³-hybridized carbons (Fsp3) is 0.0857. The van der Waals surface area contributed by atoms with Crippen LogP contribution in [0.15, 0.2) is 121 Å². The Morgan fingerprint density at radius 2 is 0.703 bits per heavy atom. The summed E-state index contributed by atoms with van der Waals surface area (Å²) in [5.74, 6) is 0. The first-order valence-electron chi connectivity index (χ1n) is 12.7. The fourth-order valence-electron chi connectivity index (χ4n) is 4.24. The molecule has 5 rings (SSSR count). The number of nitrogens with one attached hydrogen (secondary N) is 1. The van der Waals surface area contributed by atoms with Crippen LogP contribution in [0.1, 0.15) is 27.8 Å². The summed E-state index contributed by atoms with van der Waals surface area (Å²) >= 11 is 0. The van der Waals surface area contributed by atoms with Crippen LogP contribution in [0, 0.1) is 20.8 Å². The van der Waals surface area contributed by atoms with Crippen molar-refractivity contribution in [3.8, 4) is 0 Å². The Kier molecular flexibility index (Phi) is 7.19. The second kappa shape index (κ2) is 11.0. The molecule has 0 saturated carbocycles. The third-order valence-corrected chi connectivity index (χ3v) is 6.45. The quantitative estimate of drug-likeness (QED) is 0.233. The van der Waals surface area contributed by atoms with Crippen LogP contribution in [-0.2, 0) is 0 Å². The van der Waals surface area contributed by atoms with Gasteiger partial charge in [-0.05, 0) is 92.6 Å². The first-order valence-corrected chi connectivity index (χ1v) is 12.7. The Balaban J connectivity index is 1.32. The average Bonchev–Trinajstić information content (AvgIpc) is 2.92. The highest BCUT2D eigenvalue weighted by atomic mass is 15.1. The minimum absolute atomic E-state index is 1.08. The number of anilines is 5. The van der Waals surface area contributed by atoms with Gasteiger partial charge in [-0.3, -0.25) is 0 Å². The van der Waals surface area contributed by atoms with Crippen molar-refractivity contribution in [2.75, 3.05) is 10.2 Å². The molecule has 0 radical (unpaired) electrons. The lowest BCUT2D eigenvalue weighted by Crippen LogP contribution is -2.09. The van der Waals surface area contributed by atoms with Crippen LogP contribution in [0.25, 0.3) is 12.2 Å². The van der Waals surface area contributed by atoms with Crippen LogP contribution < -0.4 is 10.2 Å². The van der Waals surface area contributed by atoms with E-state index in [0.717, 1.165) is 28.4 Å². The molecule has 2 nitrogen and oxygen atoms in total. The van der Waals surface area contributed by atoms with Crippen LogP contribution in [0.4, 0.5) is 28.4 Å². The van der Waals surface area contributed by atoms with Gasteiger partial charge in [0.1, 0.15) is 0 Å². The zero-order valence-electron chi connectivity index (χ0n) is 21.6. The minimum atomic E-state index is 1.08. The predicted molar refractivity (Wildman–Crippen MR) is 160 cm³/mol. The van der Waals surface area contributed by atoms with Crippen molar-refractivity contribution in [1.29, 1.82) is 0 Å². The Hall–Kier alpha value is -4.56. The second-order valence-electron chi connectivity index (χ2n) is 9.54. The van der Waals surface area contributed by atoms with Gasteiger partial charge in [0.2, 0.25) is 0 Å². The number of hydrogen-bond acceptors (Lipinski definition) is 2. The van der Waals surface area contributed by atoms with E-state index in [1.54, 1.807) is 0 Å². The molecule has 0 aliphatic heterocycles. The molecule has 182 valence electrons. The van der Waals surface area contributed by atoms with Gasteiger partial charge in [0.25, 0.3) is 0 Å². The summed E-state index contributed by atoms with van der Waals surface area (Å²) in [7, 11) is 0. The van der Waals surface area contributed by atoms with Gasteiger partial charge in [0, 0.05) is 28.4 Å². The summed E-state index contributed by atoms with van der Waals surface area (Å²) in [6, 6.07) is 43.0. The van der Waals surface area contributed by atoms with E-state index in [4.69, 9.17) is 0 Å². The SMILES string of the molecule is Cc1ccc(Nc2ccc(C=Cc3ccc(N(c4ccc(C)cc4)c4ccc(C)cc4)cc3)cc2)cc1. The monoisotopic (exact) mass is 480 g/mol. The van der Waals surface area contributed by atoms with Crippen LogP contribution >= 0.6 is 0 Å². The van der Waals surface area contributed by atoms with E-state index in [-0.39, 0.29) is 0 Å². The Morgan fingerprint density at radius 3 is 1.11 bits per heavy atom. The van der Waals surface area contributed by atoms with E-state index in [2.05, 4.69) is 164 Å². The van der Waals surface area contributed by atoms with Gasteiger partial charge >= 0.3 is 0 Å². The summed E-state index contributed by atoms with van der Waals surface area (Å²) in [6.07, 6.45) is 4.32. The van der Waals surface area contributed by atoms with E-state index in [1.165, 1.54) is 27.8 Å². The van der Waals surface area contributed by atoms with Crippen LogP contribution in [-0.4, -0.2) is 0 Å². The number of aryl methyl sites for hydroxylation is 3. The Bertz CT molecular complexity index is 1420. The van der Waals surface area contributed by atoms with Crippen LogP contribution in [0.3, 0.4) is 0 Å². The normalized spacial score (nSPS) is 11.0. The zero-order chi connectivity index (χ0) is 25.6. The molecule has 0 fully saturated rings. The molecule has 0 aliphatic carbocycles. The van der Waals surface area contributed by atoms with Gasteiger partial charge < -0.3 is 10.2 Å². The first kappa shape index (κ1) is 24.1. The zero-order valence-corrected chi connectivity index (χ0v) is 21.6. The lowest BCUT2D eigenvalue weighted by atomic mass is 10.1. The lowest BCUT2D eigenvalue weighted by molar-refractivity contribution is 1.27. The van der Waals surface area contributed by atoms with Crippen LogP contribution in [0.5, 0.6) is 0 Å². The smallest absolute Gasteiger partial charge is 0.0462 e. The maximum Gasteiger partial charge on any atom is 0.0462 e. The third-order valence-electron chi connectivity index (χ3n) is 6.45. The van der Waals surface area contributed by atoms with E-state index in [0.29, 0.717) is 0 Å². The van der Waals surface area contributed by atoms with E-state index >= 15 is 0 Å². The van der Waals surface area contributed by atoms with Crippen molar-refractivity contribution in [3.05, 3.63) is 149 Å². The molecule has 0 unspecified atom stereocenters. The minimum Gasteiger partial charge on any atom is -0.356 e. The van der Waals surface area contributed by atoms with Gasteiger partial charge in [-0.2, -0.15) is 0 Å². The molecule has 0 atom stereocenters. The highest BCUT2D eigenvalue weighted by Gasteiger charge is 2.12. The molecule has 0 spiro atoms. The van der Waals surface area contributed by atoms with Crippen molar-refractivity contribution in [2.45, 2.75) is 20.8 Å². The highest BCUT2D eigenvalue weighted by molar-refractivity contribution is 5.78. The molecule has 0 aliphatic rings. The fourth-order valence-corrected chi connectivity index (χ4v) is 4.24. The first-order chi connectivity index (χ1) is 18.0. The summed E-state index contributed by atoms with van der Waals surface area (Å²) in [5, 5.41) is 3.45. The number of hydrogen-bond donors (Lipinski definition) is 1. The van der Waals surface area contributed by atoms with E-state index in [1.807, 2.05) is 0 Å². The predicted octanol–water partition coefficient (Wildman–Crippen LogP) is 10.00. The van der Waals surface area contributed by atoms with Crippen molar-refractivity contribution in [1.82, 2.24) is 0 Å². The molecule has 1 N–H and O–H groups in total. The molecule has 0 heterocycles. The maximum atomic E-state index is 3.45. The summed E-state index contributed by atoms with van der Waals surface area (Å²) in [6.45, 7) is 6.34. The van der Waals surface area contributed by atoms with E-state index < -0.39 is 0 Å². The van der Waals surface area contributed by atoms with Gasteiger partial charge in [-0.15, -0.1) is 0 Å². The molecule has 2 heteroatoms. The molecule has 0 amide bonds. The number of benzene rings is 5. The summed E-state index contributed by atoms with van der Waals surface area (Å²) < 4.78 is 0. The molecule has 37 heavy (non-hydrogen) atoms. The second-order valence-corrected chi connectivity index (χ2v) is 9.54. The van der Waals surface area contributed by atoms with E-state index in [9.17, 15) is 0 Å². The van der Waals surface area contributed by atoms with Crippen LogP contribution in [0.2, 0.25) is 0 Å². The van der Waals surface area contributed by atoms with Crippen molar-refractivity contribution >= 4 is 40.6 Å². The summed E-state index contributed by atoms with van der Waals surface area (Å²) in [5.41, 5.74) is 11.7. The van der Waals surface area contributed by atoms with Gasteiger partial charge in [0.15, 0.2) is 0 Å². The molecule has 0 saturated heterocycles. The highest BCUT2D eigenvalue weighted by Crippen LogP contribution is 2.35. The molecule has 0 aromatic heterocycles. The number of rotatable bonds is 7.